The molecule has 0 heterocycles. The van der Waals surface area contributed by atoms with Crippen molar-refractivity contribution in [2.45, 2.75) is 25.8 Å². The van der Waals surface area contributed by atoms with E-state index in [0.29, 0.717) is 5.92 Å². The highest BCUT2D eigenvalue weighted by Gasteiger charge is 2.38. The summed E-state index contributed by atoms with van der Waals surface area (Å²) < 4.78 is 0. The number of hydrogen-bond donors (Lipinski definition) is 1. The second kappa shape index (κ2) is 3.94. The number of hydrogen-bond acceptors (Lipinski definition) is 1. The average molecular weight is 249 g/mol. The van der Waals surface area contributed by atoms with Crippen LogP contribution in [0.2, 0.25) is 0 Å². The zero-order chi connectivity index (χ0) is 13.0. The zero-order valence-electron chi connectivity index (χ0n) is 11.3. The van der Waals surface area contributed by atoms with Gasteiger partial charge in [-0.3, -0.25) is 0 Å². The maximum Gasteiger partial charge on any atom is 0.0326 e. The van der Waals surface area contributed by atoms with Gasteiger partial charge in [0.2, 0.25) is 0 Å². The molecular formula is C18H19N. The van der Waals surface area contributed by atoms with Crippen molar-refractivity contribution in [2.24, 2.45) is 17.6 Å². The standard InChI is InChI=1S/C18H19N/c1-11-8-16(11)18(19)14-7-6-13-9-12-4-2-3-5-15(12)17(13)10-14/h2-7,10-11,16,18H,8-9,19H2,1H3. The molecule has 3 atom stereocenters. The Bertz CT molecular complexity index is 644. The molecule has 1 saturated carbocycles. The van der Waals surface area contributed by atoms with Gasteiger partial charge < -0.3 is 5.73 Å². The summed E-state index contributed by atoms with van der Waals surface area (Å²) in [4.78, 5) is 0. The predicted molar refractivity (Wildman–Crippen MR) is 78.9 cm³/mol. The van der Waals surface area contributed by atoms with Crippen LogP contribution in [0.15, 0.2) is 42.5 Å². The average Bonchev–Trinajstić information content (AvgIpc) is 3.05. The SMILES string of the molecule is CC1CC1C(N)c1ccc2c(c1)-c1ccccc1C2. The van der Waals surface area contributed by atoms with E-state index in [1.54, 1.807) is 0 Å². The van der Waals surface area contributed by atoms with Gasteiger partial charge in [0.15, 0.2) is 0 Å². The highest BCUT2D eigenvalue weighted by atomic mass is 14.7. The highest BCUT2D eigenvalue weighted by molar-refractivity contribution is 5.77. The van der Waals surface area contributed by atoms with Crippen molar-refractivity contribution in [3.8, 4) is 11.1 Å². The Balaban J connectivity index is 1.75. The molecule has 0 radical (unpaired) electrons. The van der Waals surface area contributed by atoms with Gasteiger partial charge in [0, 0.05) is 6.04 Å². The summed E-state index contributed by atoms with van der Waals surface area (Å²) in [6, 6.07) is 15.8. The highest BCUT2D eigenvalue weighted by Crippen LogP contribution is 2.47. The first-order chi connectivity index (χ1) is 9.24. The first-order valence-electron chi connectivity index (χ1n) is 7.21. The number of nitrogens with two attached hydrogens (primary N) is 1. The van der Waals surface area contributed by atoms with Gasteiger partial charge in [-0.1, -0.05) is 43.3 Å². The Morgan fingerprint density at radius 3 is 2.58 bits per heavy atom. The lowest BCUT2D eigenvalue weighted by molar-refractivity contribution is 0.593. The van der Waals surface area contributed by atoms with E-state index < -0.39 is 0 Å². The van der Waals surface area contributed by atoms with Gasteiger partial charge in [-0.25, -0.2) is 0 Å². The molecule has 1 nitrogen and oxygen atoms in total. The van der Waals surface area contributed by atoms with Gasteiger partial charge in [0.1, 0.15) is 0 Å². The second-order valence-corrected chi connectivity index (χ2v) is 6.15. The van der Waals surface area contributed by atoms with Crippen LogP contribution in [-0.2, 0) is 6.42 Å². The van der Waals surface area contributed by atoms with Crippen molar-refractivity contribution in [2.75, 3.05) is 0 Å². The van der Waals surface area contributed by atoms with Crippen LogP contribution < -0.4 is 5.73 Å². The fraction of sp³-hybridized carbons (Fsp3) is 0.333. The summed E-state index contributed by atoms with van der Waals surface area (Å²) in [6.07, 6.45) is 2.36. The third-order valence-corrected chi connectivity index (χ3v) is 4.84. The third-order valence-electron chi connectivity index (χ3n) is 4.84. The van der Waals surface area contributed by atoms with E-state index in [0.717, 1.165) is 12.3 Å². The van der Waals surface area contributed by atoms with Crippen molar-refractivity contribution in [3.05, 3.63) is 59.2 Å². The van der Waals surface area contributed by atoms with E-state index in [1.165, 1.54) is 34.2 Å². The Hall–Kier alpha value is -1.60. The monoisotopic (exact) mass is 249 g/mol. The second-order valence-electron chi connectivity index (χ2n) is 6.15. The molecule has 0 aromatic heterocycles. The summed E-state index contributed by atoms with van der Waals surface area (Å²) in [5.41, 5.74) is 13.4. The van der Waals surface area contributed by atoms with E-state index in [9.17, 15) is 0 Å². The van der Waals surface area contributed by atoms with Crippen LogP contribution in [0.1, 0.15) is 36.1 Å². The molecule has 2 aromatic carbocycles. The lowest BCUT2D eigenvalue weighted by atomic mass is 9.96. The van der Waals surface area contributed by atoms with Gasteiger partial charge in [-0.15, -0.1) is 0 Å². The molecule has 2 aromatic rings. The molecule has 19 heavy (non-hydrogen) atoms. The summed E-state index contributed by atoms with van der Waals surface area (Å²) >= 11 is 0. The van der Waals surface area contributed by atoms with Crippen LogP contribution in [-0.4, -0.2) is 0 Å². The summed E-state index contributed by atoms with van der Waals surface area (Å²) in [5, 5.41) is 0. The van der Waals surface area contributed by atoms with E-state index >= 15 is 0 Å². The van der Waals surface area contributed by atoms with Gasteiger partial charge in [0.05, 0.1) is 0 Å². The molecule has 1 fully saturated rings. The number of rotatable bonds is 2. The van der Waals surface area contributed by atoms with Crippen LogP contribution in [0.4, 0.5) is 0 Å². The fourth-order valence-electron chi connectivity index (χ4n) is 3.45. The molecule has 3 unspecified atom stereocenters. The van der Waals surface area contributed by atoms with Crippen LogP contribution >= 0.6 is 0 Å². The largest absolute Gasteiger partial charge is 0.324 e. The minimum Gasteiger partial charge on any atom is -0.324 e. The Morgan fingerprint density at radius 2 is 1.79 bits per heavy atom. The van der Waals surface area contributed by atoms with Crippen LogP contribution in [0, 0.1) is 11.8 Å². The molecule has 0 amide bonds. The van der Waals surface area contributed by atoms with E-state index in [-0.39, 0.29) is 6.04 Å². The van der Waals surface area contributed by atoms with Gasteiger partial charge in [-0.2, -0.15) is 0 Å². The Labute approximate surface area is 114 Å². The van der Waals surface area contributed by atoms with E-state index in [2.05, 4.69) is 49.4 Å². The lowest BCUT2D eigenvalue weighted by Crippen LogP contribution is -2.13. The minimum atomic E-state index is 0.216. The van der Waals surface area contributed by atoms with Crippen molar-refractivity contribution in [1.82, 2.24) is 0 Å². The van der Waals surface area contributed by atoms with Crippen molar-refractivity contribution < 1.29 is 0 Å². The smallest absolute Gasteiger partial charge is 0.0326 e. The zero-order valence-corrected chi connectivity index (χ0v) is 11.3. The first kappa shape index (κ1) is 11.2. The summed E-state index contributed by atoms with van der Waals surface area (Å²) in [7, 11) is 0. The molecule has 96 valence electrons. The molecule has 2 N–H and O–H groups in total. The van der Waals surface area contributed by atoms with Crippen LogP contribution in [0.25, 0.3) is 11.1 Å². The molecule has 0 spiro atoms. The van der Waals surface area contributed by atoms with Crippen LogP contribution in [0.3, 0.4) is 0 Å². The predicted octanol–water partition coefficient (Wildman–Crippen LogP) is 3.91. The quantitative estimate of drug-likeness (QED) is 0.732. The molecule has 2 aliphatic rings. The van der Waals surface area contributed by atoms with E-state index in [4.69, 9.17) is 5.73 Å². The summed E-state index contributed by atoms with van der Waals surface area (Å²) in [6.45, 7) is 2.30. The normalized spacial score (nSPS) is 24.7. The first-order valence-corrected chi connectivity index (χ1v) is 7.21. The van der Waals surface area contributed by atoms with Crippen molar-refractivity contribution in [1.29, 1.82) is 0 Å². The third kappa shape index (κ3) is 1.73. The molecule has 0 aliphatic heterocycles. The van der Waals surface area contributed by atoms with E-state index in [1.807, 2.05) is 0 Å². The molecule has 1 heteroatoms. The van der Waals surface area contributed by atoms with Gasteiger partial charge in [-0.05, 0) is 58.6 Å². The maximum absolute atomic E-state index is 6.40. The lowest BCUT2D eigenvalue weighted by Gasteiger charge is -2.13. The molecule has 4 rings (SSSR count). The van der Waals surface area contributed by atoms with Crippen molar-refractivity contribution >= 4 is 0 Å². The number of fused-ring (bicyclic) bond motifs is 3. The summed E-state index contributed by atoms with van der Waals surface area (Å²) in [5.74, 6) is 1.49. The number of benzene rings is 2. The Kier molecular flexibility index (Phi) is 2.33. The fourth-order valence-corrected chi connectivity index (χ4v) is 3.45. The topological polar surface area (TPSA) is 26.0 Å². The minimum absolute atomic E-state index is 0.216. The molecule has 0 saturated heterocycles. The van der Waals surface area contributed by atoms with Crippen LogP contribution in [0.5, 0.6) is 0 Å². The molecular weight excluding hydrogens is 230 g/mol. The van der Waals surface area contributed by atoms with Crippen molar-refractivity contribution in [3.63, 3.8) is 0 Å². The van der Waals surface area contributed by atoms with Gasteiger partial charge >= 0.3 is 0 Å². The molecule has 0 bridgehead atoms. The Morgan fingerprint density at radius 1 is 1.05 bits per heavy atom. The maximum atomic E-state index is 6.40. The van der Waals surface area contributed by atoms with Gasteiger partial charge in [0.25, 0.3) is 0 Å². The molecule has 2 aliphatic carbocycles.